The Kier molecular flexibility index (Phi) is 4.44. The fourth-order valence-corrected chi connectivity index (χ4v) is 4.02. The van der Waals surface area contributed by atoms with Crippen molar-refractivity contribution in [2.75, 3.05) is 0 Å². The molecule has 2 fully saturated rings. The lowest BCUT2D eigenvalue weighted by molar-refractivity contribution is 0.269. The van der Waals surface area contributed by atoms with Gasteiger partial charge in [-0.15, -0.1) is 11.8 Å². The first-order valence-corrected chi connectivity index (χ1v) is 9.31. The third kappa shape index (κ3) is 3.56. The average molecular weight is 347 g/mol. The molecule has 0 atom stereocenters. The van der Waals surface area contributed by atoms with Crippen molar-refractivity contribution in [2.24, 2.45) is 0 Å². The van der Waals surface area contributed by atoms with Crippen LogP contribution >= 0.6 is 11.8 Å². The molecular weight excluding hydrogens is 328 g/mol. The summed E-state index contributed by atoms with van der Waals surface area (Å²) in [5.74, 6) is -1.25. The van der Waals surface area contributed by atoms with Crippen LogP contribution in [-0.4, -0.2) is 10.2 Å². The summed E-state index contributed by atoms with van der Waals surface area (Å²) < 4.78 is 33.6. The number of thioether (sulfide) groups is 1. The van der Waals surface area contributed by atoms with Gasteiger partial charge in [-0.2, -0.15) is 0 Å². The number of pyridine rings is 1. The first-order valence-electron chi connectivity index (χ1n) is 8.43. The second-order valence-corrected chi connectivity index (χ2v) is 7.84. The molecule has 2 saturated carbocycles. The highest BCUT2D eigenvalue weighted by Crippen LogP contribution is 2.42. The molecular formula is C19H19F2NOS. The van der Waals surface area contributed by atoms with Crippen molar-refractivity contribution in [3.63, 3.8) is 0 Å². The Labute approximate surface area is 144 Å². The van der Waals surface area contributed by atoms with Crippen molar-refractivity contribution in [1.82, 2.24) is 4.98 Å². The Balaban J connectivity index is 1.43. The standard InChI is InChI=1S/C19H19F2NOS/c20-16-9-13(12-7-8-12)10-17(21)19(16)23-11-14-3-1-6-18(22-14)24-15-4-2-5-15/h1,3,6,9-10,12,15H,2,4-5,7-8,11H2. The van der Waals surface area contributed by atoms with E-state index in [4.69, 9.17) is 4.74 Å². The quantitative estimate of drug-likeness (QED) is 0.693. The molecule has 1 aromatic carbocycles. The van der Waals surface area contributed by atoms with E-state index in [0.29, 0.717) is 16.9 Å². The molecule has 1 aromatic heterocycles. The number of rotatable bonds is 6. The molecule has 1 heterocycles. The molecule has 0 bridgehead atoms. The molecule has 0 N–H and O–H groups in total. The van der Waals surface area contributed by atoms with Crippen molar-refractivity contribution < 1.29 is 13.5 Å². The Morgan fingerprint density at radius 3 is 2.46 bits per heavy atom. The smallest absolute Gasteiger partial charge is 0.191 e. The minimum absolute atomic E-state index is 0.0652. The summed E-state index contributed by atoms with van der Waals surface area (Å²) in [6.07, 6.45) is 5.77. The van der Waals surface area contributed by atoms with E-state index in [-0.39, 0.29) is 12.4 Å². The zero-order valence-electron chi connectivity index (χ0n) is 13.3. The molecule has 0 spiro atoms. The van der Waals surface area contributed by atoms with Crippen molar-refractivity contribution in [3.05, 3.63) is 53.2 Å². The van der Waals surface area contributed by atoms with Crippen LogP contribution in [0.5, 0.6) is 5.75 Å². The van der Waals surface area contributed by atoms with E-state index in [9.17, 15) is 8.78 Å². The van der Waals surface area contributed by atoms with E-state index in [2.05, 4.69) is 4.98 Å². The predicted molar refractivity (Wildman–Crippen MR) is 90.4 cm³/mol. The molecule has 5 heteroatoms. The monoisotopic (exact) mass is 347 g/mol. The van der Waals surface area contributed by atoms with Crippen molar-refractivity contribution in [2.45, 2.75) is 54.9 Å². The highest BCUT2D eigenvalue weighted by Gasteiger charge is 2.26. The maximum absolute atomic E-state index is 14.1. The average Bonchev–Trinajstić information content (AvgIpc) is 3.35. The minimum Gasteiger partial charge on any atom is -0.481 e. The first-order chi connectivity index (χ1) is 11.7. The summed E-state index contributed by atoms with van der Waals surface area (Å²) in [6, 6.07) is 8.49. The second kappa shape index (κ2) is 6.71. The Hall–Kier alpha value is -1.62. The van der Waals surface area contributed by atoms with Crippen LogP contribution in [0.2, 0.25) is 0 Å². The number of hydrogen-bond donors (Lipinski definition) is 0. The summed E-state index contributed by atoms with van der Waals surface area (Å²) in [4.78, 5) is 4.52. The number of nitrogens with zero attached hydrogens (tertiary/aromatic N) is 1. The SMILES string of the molecule is Fc1cc(C2CC2)cc(F)c1OCc1cccc(SC2CCC2)n1. The van der Waals surface area contributed by atoms with Gasteiger partial charge in [0.1, 0.15) is 6.61 Å². The zero-order chi connectivity index (χ0) is 16.5. The highest BCUT2D eigenvalue weighted by molar-refractivity contribution is 7.99. The third-order valence-corrected chi connectivity index (χ3v) is 5.83. The minimum atomic E-state index is -0.628. The molecule has 2 aromatic rings. The first kappa shape index (κ1) is 15.9. The van der Waals surface area contributed by atoms with Crippen molar-refractivity contribution >= 4 is 11.8 Å². The van der Waals surface area contributed by atoms with Gasteiger partial charge in [0.15, 0.2) is 17.4 Å². The van der Waals surface area contributed by atoms with Crippen LogP contribution in [0.3, 0.4) is 0 Å². The van der Waals surface area contributed by atoms with E-state index in [1.54, 1.807) is 11.8 Å². The van der Waals surface area contributed by atoms with Crippen LogP contribution in [0.25, 0.3) is 0 Å². The van der Waals surface area contributed by atoms with E-state index < -0.39 is 11.6 Å². The zero-order valence-corrected chi connectivity index (χ0v) is 14.1. The molecule has 126 valence electrons. The summed E-state index contributed by atoms with van der Waals surface area (Å²) in [7, 11) is 0. The highest BCUT2D eigenvalue weighted by atomic mass is 32.2. The molecule has 2 aliphatic carbocycles. The second-order valence-electron chi connectivity index (χ2n) is 6.51. The molecule has 0 aliphatic heterocycles. The van der Waals surface area contributed by atoms with Crippen LogP contribution in [0.1, 0.15) is 49.3 Å². The lowest BCUT2D eigenvalue weighted by atomic mass is 10.0. The van der Waals surface area contributed by atoms with Gasteiger partial charge in [0.2, 0.25) is 0 Å². The van der Waals surface area contributed by atoms with Gasteiger partial charge in [0.05, 0.1) is 10.7 Å². The molecule has 0 amide bonds. The maximum atomic E-state index is 14.1. The fraction of sp³-hybridized carbons (Fsp3) is 0.421. The number of ether oxygens (including phenoxy) is 1. The number of hydrogen-bond acceptors (Lipinski definition) is 3. The number of halogens is 2. The molecule has 4 rings (SSSR count). The van der Waals surface area contributed by atoms with Gasteiger partial charge in [-0.3, -0.25) is 0 Å². The Morgan fingerprint density at radius 1 is 1.08 bits per heavy atom. The molecule has 0 radical (unpaired) electrons. The number of benzene rings is 1. The largest absolute Gasteiger partial charge is 0.481 e. The predicted octanol–water partition coefficient (Wildman–Crippen LogP) is 5.46. The van der Waals surface area contributed by atoms with Crippen LogP contribution in [0.15, 0.2) is 35.4 Å². The van der Waals surface area contributed by atoms with E-state index >= 15 is 0 Å². The Morgan fingerprint density at radius 2 is 1.83 bits per heavy atom. The van der Waals surface area contributed by atoms with E-state index in [1.165, 1.54) is 31.4 Å². The normalized spacial score (nSPS) is 17.6. The van der Waals surface area contributed by atoms with Gasteiger partial charge in [0.25, 0.3) is 0 Å². The molecule has 2 nitrogen and oxygen atoms in total. The fourth-order valence-electron chi connectivity index (χ4n) is 2.78. The van der Waals surface area contributed by atoms with Gasteiger partial charge in [-0.05, 0) is 61.4 Å². The van der Waals surface area contributed by atoms with Crippen LogP contribution < -0.4 is 4.74 Å². The van der Waals surface area contributed by atoms with Gasteiger partial charge in [-0.1, -0.05) is 12.5 Å². The lowest BCUT2D eigenvalue weighted by Crippen LogP contribution is -2.13. The number of aromatic nitrogens is 1. The Bertz CT molecular complexity index is 721. The summed E-state index contributed by atoms with van der Waals surface area (Å²) in [6.45, 7) is 0.0652. The van der Waals surface area contributed by atoms with Crippen LogP contribution in [-0.2, 0) is 6.61 Å². The molecule has 0 saturated heterocycles. The summed E-state index contributed by atoms with van der Waals surface area (Å²) in [5.41, 5.74) is 1.42. The van der Waals surface area contributed by atoms with Crippen LogP contribution in [0.4, 0.5) is 8.78 Å². The topological polar surface area (TPSA) is 22.1 Å². The van der Waals surface area contributed by atoms with Gasteiger partial charge >= 0.3 is 0 Å². The van der Waals surface area contributed by atoms with E-state index in [1.807, 2.05) is 18.2 Å². The van der Waals surface area contributed by atoms with Crippen LogP contribution in [0, 0.1) is 11.6 Å². The summed E-state index contributed by atoms with van der Waals surface area (Å²) in [5, 5.41) is 1.60. The third-order valence-electron chi connectivity index (χ3n) is 4.55. The lowest BCUT2D eigenvalue weighted by Gasteiger charge is -2.24. The summed E-state index contributed by atoms with van der Waals surface area (Å²) >= 11 is 1.77. The van der Waals surface area contributed by atoms with E-state index in [0.717, 1.165) is 23.4 Å². The molecule has 24 heavy (non-hydrogen) atoms. The van der Waals surface area contributed by atoms with Gasteiger partial charge < -0.3 is 4.74 Å². The maximum Gasteiger partial charge on any atom is 0.191 e. The van der Waals surface area contributed by atoms with Gasteiger partial charge in [0, 0.05) is 5.25 Å². The molecule has 0 unspecified atom stereocenters. The molecule has 2 aliphatic rings. The van der Waals surface area contributed by atoms with Crippen molar-refractivity contribution in [3.8, 4) is 5.75 Å². The van der Waals surface area contributed by atoms with Gasteiger partial charge in [-0.25, -0.2) is 13.8 Å². The van der Waals surface area contributed by atoms with Crippen molar-refractivity contribution in [1.29, 1.82) is 0 Å².